The zero-order valence-electron chi connectivity index (χ0n) is 9.69. The molecule has 0 aromatic carbocycles. The van der Waals surface area contributed by atoms with Crippen molar-refractivity contribution in [2.75, 3.05) is 38.5 Å². The maximum atomic E-state index is 5.40. The van der Waals surface area contributed by atoms with Crippen LogP contribution in [0.4, 0.5) is 5.82 Å². The molecule has 0 saturated carbocycles. The molecule has 1 aromatic heterocycles. The molecule has 1 fully saturated rings. The molecule has 0 aliphatic carbocycles. The van der Waals surface area contributed by atoms with Crippen LogP contribution in [0.3, 0.4) is 0 Å². The van der Waals surface area contributed by atoms with Crippen molar-refractivity contribution in [1.82, 2.24) is 15.1 Å². The summed E-state index contributed by atoms with van der Waals surface area (Å²) in [6, 6.07) is 4.05. The summed E-state index contributed by atoms with van der Waals surface area (Å²) in [7, 11) is 2.14. The summed E-state index contributed by atoms with van der Waals surface area (Å²) >= 11 is 0. The first kappa shape index (κ1) is 11.3. The van der Waals surface area contributed by atoms with Crippen LogP contribution in [-0.4, -0.2) is 48.3 Å². The summed E-state index contributed by atoms with van der Waals surface area (Å²) in [6.07, 6.45) is 1.18. The van der Waals surface area contributed by atoms with E-state index < -0.39 is 0 Å². The molecule has 0 amide bonds. The number of nitrogens with one attached hydrogen (secondary N) is 1. The monoisotopic (exact) mass is 221 g/mol. The summed E-state index contributed by atoms with van der Waals surface area (Å²) in [5.74, 6) is 1.35. The van der Waals surface area contributed by atoms with Crippen LogP contribution < -0.4 is 11.1 Å². The Hall–Kier alpha value is -1.20. The van der Waals surface area contributed by atoms with Crippen LogP contribution in [-0.2, 0) is 0 Å². The molecule has 0 spiro atoms. The van der Waals surface area contributed by atoms with E-state index in [9.17, 15) is 0 Å². The van der Waals surface area contributed by atoms with Crippen LogP contribution in [0.1, 0.15) is 18.0 Å². The molecule has 5 heteroatoms. The summed E-state index contributed by atoms with van der Waals surface area (Å²) in [5, 5.41) is 11.5. The summed E-state index contributed by atoms with van der Waals surface area (Å²) in [5.41, 5.74) is 6.50. The zero-order valence-corrected chi connectivity index (χ0v) is 9.69. The normalized spacial score (nSPS) is 21.2. The van der Waals surface area contributed by atoms with Crippen molar-refractivity contribution in [3.63, 3.8) is 0 Å². The van der Waals surface area contributed by atoms with Crippen molar-refractivity contribution in [2.24, 2.45) is 5.73 Å². The number of aromatic nitrogens is 2. The van der Waals surface area contributed by atoms with E-state index in [1.165, 1.54) is 6.42 Å². The van der Waals surface area contributed by atoms with Gasteiger partial charge in [0.25, 0.3) is 0 Å². The van der Waals surface area contributed by atoms with Gasteiger partial charge < -0.3 is 16.0 Å². The second kappa shape index (κ2) is 5.23. The summed E-state index contributed by atoms with van der Waals surface area (Å²) in [6.45, 7) is 3.58. The van der Waals surface area contributed by atoms with Crippen LogP contribution in [0.5, 0.6) is 0 Å². The van der Waals surface area contributed by atoms with Gasteiger partial charge in [0.15, 0.2) is 0 Å². The number of nitrogens with zero attached hydrogens (tertiary/aromatic N) is 3. The van der Waals surface area contributed by atoms with Gasteiger partial charge in [-0.05, 0) is 32.1 Å². The van der Waals surface area contributed by atoms with Crippen LogP contribution in [0.2, 0.25) is 0 Å². The highest BCUT2D eigenvalue weighted by Gasteiger charge is 2.22. The lowest BCUT2D eigenvalue weighted by atomic mass is 10.1. The standard InChI is InChI=1S/C11H19N5/c1-16-7-4-9(8-16)10-2-3-11(15-14-10)13-6-5-12/h2-3,9H,4-8,12H2,1H3,(H,13,15). The quantitative estimate of drug-likeness (QED) is 0.763. The van der Waals surface area contributed by atoms with Crippen molar-refractivity contribution >= 4 is 5.82 Å². The molecule has 5 nitrogen and oxygen atoms in total. The lowest BCUT2D eigenvalue weighted by Crippen LogP contribution is -2.15. The number of hydrogen-bond acceptors (Lipinski definition) is 5. The fourth-order valence-corrected chi connectivity index (χ4v) is 2.03. The Balaban J connectivity index is 1.96. The second-order valence-electron chi connectivity index (χ2n) is 4.31. The Labute approximate surface area is 96.0 Å². The summed E-state index contributed by atoms with van der Waals surface area (Å²) < 4.78 is 0. The molecule has 88 valence electrons. The topological polar surface area (TPSA) is 67.1 Å². The number of hydrogen-bond donors (Lipinski definition) is 2. The number of nitrogens with two attached hydrogens (primary N) is 1. The van der Waals surface area contributed by atoms with E-state index in [1.54, 1.807) is 0 Å². The third-order valence-corrected chi connectivity index (χ3v) is 2.95. The Morgan fingerprint density at radius 1 is 1.50 bits per heavy atom. The van der Waals surface area contributed by atoms with E-state index in [-0.39, 0.29) is 0 Å². The smallest absolute Gasteiger partial charge is 0.148 e. The molecule has 1 aromatic rings. The minimum absolute atomic E-state index is 0.543. The molecule has 1 unspecified atom stereocenters. The van der Waals surface area contributed by atoms with E-state index in [2.05, 4.69) is 33.5 Å². The van der Waals surface area contributed by atoms with Gasteiger partial charge in [0.2, 0.25) is 0 Å². The third kappa shape index (κ3) is 2.68. The van der Waals surface area contributed by atoms with Crippen molar-refractivity contribution in [3.8, 4) is 0 Å². The average molecular weight is 221 g/mol. The molecule has 1 aliphatic rings. The van der Waals surface area contributed by atoms with Gasteiger partial charge in [-0.15, -0.1) is 5.10 Å². The number of likely N-dealkylation sites (N-methyl/N-ethyl adjacent to an activating group) is 1. The first-order chi connectivity index (χ1) is 7.79. The van der Waals surface area contributed by atoms with Crippen molar-refractivity contribution < 1.29 is 0 Å². The molecule has 1 saturated heterocycles. The minimum Gasteiger partial charge on any atom is -0.367 e. The van der Waals surface area contributed by atoms with Crippen LogP contribution in [0.15, 0.2) is 12.1 Å². The van der Waals surface area contributed by atoms with E-state index in [0.717, 1.165) is 31.1 Å². The highest BCUT2D eigenvalue weighted by molar-refractivity contribution is 5.33. The fourth-order valence-electron chi connectivity index (χ4n) is 2.03. The van der Waals surface area contributed by atoms with Gasteiger partial charge in [0.1, 0.15) is 5.82 Å². The Kier molecular flexibility index (Phi) is 3.69. The van der Waals surface area contributed by atoms with Gasteiger partial charge in [0.05, 0.1) is 5.69 Å². The van der Waals surface area contributed by atoms with Crippen LogP contribution in [0.25, 0.3) is 0 Å². The van der Waals surface area contributed by atoms with Gasteiger partial charge in [-0.1, -0.05) is 0 Å². The lowest BCUT2D eigenvalue weighted by molar-refractivity contribution is 0.410. The maximum Gasteiger partial charge on any atom is 0.148 e. The zero-order chi connectivity index (χ0) is 11.4. The Bertz CT molecular complexity index is 324. The minimum atomic E-state index is 0.543. The summed E-state index contributed by atoms with van der Waals surface area (Å²) in [4.78, 5) is 2.33. The average Bonchev–Trinajstić information content (AvgIpc) is 2.74. The van der Waals surface area contributed by atoms with Gasteiger partial charge in [-0.3, -0.25) is 0 Å². The highest BCUT2D eigenvalue weighted by Crippen LogP contribution is 2.24. The SMILES string of the molecule is CN1CCC(c2ccc(NCCN)nn2)C1. The molecule has 0 bridgehead atoms. The van der Waals surface area contributed by atoms with E-state index in [4.69, 9.17) is 5.73 Å². The van der Waals surface area contributed by atoms with E-state index >= 15 is 0 Å². The van der Waals surface area contributed by atoms with Crippen LogP contribution in [0, 0.1) is 0 Å². The second-order valence-corrected chi connectivity index (χ2v) is 4.31. The van der Waals surface area contributed by atoms with E-state index in [0.29, 0.717) is 12.5 Å². The highest BCUT2D eigenvalue weighted by atomic mass is 15.2. The van der Waals surface area contributed by atoms with Crippen LogP contribution >= 0.6 is 0 Å². The van der Waals surface area contributed by atoms with Gasteiger partial charge >= 0.3 is 0 Å². The van der Waals surface area contributed by atoms with Crippen molar-refractivity contribution in [2.45, 2.75) is 12.3 Å². The largest absolute Gasteiger partial charge is 0.367 e. The molecular weight excluding hydrogens is 202 g/mol. The number of likely N-dealkylation sites (tertiary alicyclic amines) is 1. The lowest BCUT2D eigenvalue weighted by Gasteiger charge is -2.09. The van der Waals surface area contributed by atoms with Gasteiger partial charge in [-0.25, -0.2) is 0 Å². The molecule has 2 heterocycles. The predicted octanol–water partition coefficient (Wildman–Crippen LogP) is 0.266. The van der Waals surface area contributed by atoms with Gasteiger partial charge in [0, 0.05) is 25.6 Å². The van der Waals surface area contributed by atoms with E-state index in [1.807, 2.05) is 6.07 Å². The molecule has 1 atom stereocenters. The molecule has 1 aliphatic heterocycles. The molecule has 3 N–H and O–H groups in total. The number of rotatable bonds is 4. The maximum absolute atomic E-state index is 5.40. The molecular formula is C11H19N5. The first-order valence-electron chi connectivity index (χ1n) is 5.75. The first-order valence-corrected chi connectivity index (χ1v) is 5.75. The molecule has 16 heavy (non-hydrogen) atoms. The molecule has 2 rings (SSSR count). The molecule has 0 radical (unpaired) electrons. The predicted molar refractivity (Wildman–Crippen MR) is 64.4 cm³/mol. The number of anilines is 1. The van der Waals surface area contributed by atoms with Crippen molar-refractivity contribution in [3.05, 3.63) is 17.8 Å². The van der Waals surface area contributed by atoms with Gasteiger partial charge in [-0.2, -0.15) is 5.10 Å². The fraction of sp³-hybridized carbons (Fsp3) is 0.636. The van der Waals surface area contributed by atoms with Crippen molar-refractivity contribution in [1.29, 1.82) is 0 Å². The Morgan fingerprint density at radius 2 is 2.38 bits per heavy atom. The third-order valence-electron chi connectivity index (χ3n) is 2.95. The Morgan fingerprint density at radius 3 is 2.94 bits per heavy atom.